The second-order valence-corrected chi connectivity index (χ2v) is 11.8. The van der Waals surface area contributed by atoms with E-state index in [1.807, 2.05) is 25.9 Å². The molecule has 3 aromatic rings. The Bertz CT molecular complexity index is 1660. The average Bonchev–Trinajstić information content (AvgIpc) is 3.45. The first kappa shape index (κ1) is 37.9. The van der Waals surface area contributed by atoms with Gasteiger partial charge in [0.15, 0.2) is 11.0 Å². The van der Waals surface area contributed by atoms with Gasteiger partial charge in [-0.1, -0.05) is 38.8 Å². The fourth-order valence-corrected chi connectivity index (χ4v) is 4.68. The van der Waals surface area contributed by atoms with Gasteiger partial charge in [-0.05, 0) is 76.3 Å². The predicted molar refractivity (Wildman–Crippen MR) is 195 cm³/mol. The lowest BCUT2D eigenvalue weighted by atomic mass is 10.1. The van der Waals surface area contributed by atoms with Crippen LogP contribution in [0, 0.1) is 18.8 Å². The van der Waals surface area contributed by atoms with E-state index in [0.29, 0.717) is 52.1 Å². The maximum absolute atomic E-state index is 12.7. The summed E-state index contributed by atoms with van der Waals surface area (Å²) in [6.07, 6.45) is 4.88. The number of aromatic nitrogens is 1. The van der Waals surface area contributed by atoms with Crippen LogP contribution in [-0.2, 0) is 9.59 Å². The number of aliphatic imine (C=N–C) groups is 1. The minimum Gasteiger partial charge on any atom is -0.400 e. The normalized spacial score (nSPS) is 11.2. The Morgan fingerprint density at radius 1 is 1.04 bits per heavy atom. The molecule has 47 heavy (non-hydrogen) atoms. The molecule has 0 unspecified atom stereocenters. The van der Waals surface area contributed by atoms with Crippen LogP contribution in [0.1, 0.15) is 42.4 Å². The smallest absolute Gasteiger partial charge is 0.302 e. The SMILES string of the molecule is C=CN=C(/C(=C(\C)N)N(C)c1ccc(C(=O)Nc2ncc(C)s2)cc1)N(C=O)c1cccc(N(C)C(=O)C#CCN(C)C)c1.CCC. The number of nitrogens with two attached hydrogens (primary N) is 1. The van der Waals surface area contributed by atoms with Crippen molar-refractivity contribution in [3.05, 3.63) is 89.3 Å². The summed E-state index contributed by atoms with van der Waals surface area (Å²) in [4.78, 5) is 53.9. The van der Waals surface area contributed by atoms with Crippen molar-refractivity contribution < 1.29 is 14.4 Å². The zero-order valence-corrected chi connectivity index (χ0v) is 29.2. The van der Waals surface area contributed by atoms with Gasteiger partial charge in [0, 0.05) is 54.0 Å². The molecule has 0 radical (unpaired) electrons. The monoisotopic (exact) mass is 656 g/mol. The fraction of sp³-hybridized carbons (Fsp3) is 0.286. The number of likely N-dealkylation sites (N-methyl/N-ethyl adjacent to an activating group) is 1. The highest BCUT2D eigenvalue weighted by Gasteiger charge is 2.24. The Kier molecular flexibility index (Phi) is 15.1. The van der Waals surface area contributed by atoms with Crippen LogP contribution in [0.15, 0.2) is 83.9 Å². The van der Waals surface area contributed by atoms with Gasteiger partial charge in [0.25, 0.3) is 5.91 Å². The number of thiazole rings is 1. The van der Waals surface area contributed by atoms with Crippen molar-refractivity contribution in [2.45, 2.75) is 34.1 Å². The van der Waals surface area contributed by atoms with Crippen LogP contribution in [0.4, 0.5) is 22.2 Å². The van der Waals surface area contributed by atoms with E-state index in [4.69, 9.17) is 5.73 Å². The first-order valence-electron chi connectivity index (χ1n) is 14.9. The van der Waals surface area contributed by atoms with Crippen LogP contribution in [0.5, 0.6) is 0 Å². The lowest BCUT2D eigenvalue weighted by Gasteiger charge is -2.30. The van der Waals surface area contributed by atoms with Crippen molar-refractivity contribution in [3.63, 3.8) is 0 Å². The van der Waals surface area contributed by atoms with Gasteiger partial charge in [0.05, 0.1) is 12.2 Å². The Balaban J connectivity index is 0.00000246. The first-order chi connectivity index (χ1) is 22.4. The zero-order chi connectivity index (χ0) is 35.1. The highest BCUT2D eigenvalue weighted by Crippen LogP contribution is 2.27. The molecule has 0 atom stereocenters. The van der Waals surface area contributed by atoms with Gasteiger partial charge in [-0.3, -0.25) is 29.5 Å². The van der Waals surface area contributed by atoms with Gasteiger partial charge in [-0.25, -0.2) is 9.98 Å². The van der Waals surface area contributed by atoms with Gasteiger partial charge >= 0.3 is 5.91 Å². The summed E-state index contributed by atoms with van der Waals surface area (Å²) >= 11 is 1.39. The van der Waals surface area contributed by atoms with Gasteiger partial charge in [0.2, 0.25) is 6.41 Å². The summed E-state index contributed by atoms with van der Waals surface area (Å²) in [6.45, 7) is 12.0. The van der Waals surface area contributed by atoms with Crippen LogP contribution in [-0.4, -0.2) is 68.7 Å². The second kappa shape index (κ2) is 18.7. The van der Waals surface area contributed by atoms with E-state index in [-0.39, 0.29) is 11.7 Å². The van der Waals surface area contributed by atoms with Gasteiger partial charge in [-0.15, -0.1) is 11.3 Å². The second-order valence-electron chi connectivity index (χ2n) is 10.6. The maximum Gasteiger partial charge on any atom is 0.302 e. The number of hydrogen-bond donors (Lipinski definition) is 2. The molecular formula is C35H44N8O3S. The molecule has 0 saturated carbocycles. The average molecular weight is 657 g/mol. The predicted octanol–water partition coefficient (Wildman–Crippen LogP) is 5.48. The molecule has 3 amide bonds. The van der Waals surface area contributed by atoms with Crippen LogP contribution in [0.25, 0.3) is 0 Å². The summed E-state index contributed by atoms with van der Waals surface area (Å²) in [5.74, 6) is 4.99. The minimum absolute atomic E-state index is 0.204. The number of amidine groups is 1. The Labute approximate surface area is 282 Å². The molecule has 0 bridgehead atoms. The molecular weight excluding hydrogens is 613 g/mol. The van der Waals surface area contributed by atoms with Gasteiger partial charge in [0.1, 0.15) is 5.70 Å². The molecule has 3 N–H and O–H groups in total. The number of anilines is 4. The summed E-state index contributed by atoms with van der Waals surface area (Å²) in [7, 11) is 7.12. The Morgan fingerprint density at radius 2 is 1.68 bits per heavy atom. The number of nitrogens with one attached hydrogen (secondary N) is 1. The third kappa shape index (κ3) is 11.0. The maximum atomic E-state index is 12.7. The van der Waals surface area contributed by atoms with Gasteiger partial charge < -0.3 is 15.5 Å². The number of amides is 3. The van der Waals surface area contributed by atoms with Crippen LogP contribution >= 0.6 is 11.3 Å². The largest absolute Gasteiger partial charge is 0.400 e. The lowest BCUT2D eigenvalue weighted by Crippen LogP contribution is -2.38. The van der Waals surface area contributed by atoms with E-state index in [1.165, 1.54) is 33.8 Å². The lowest BCUT2D eigenvalue weighted by molar-refractivity contribution is -0.113. The molecule has 3 rings (SSSR count). The van der Waals surface area contributed by atoms with E-state index in [0.717, 1.165) is 4.88 Å². The molecule has 0 aliphatic heterocycles. The van der Waals surface area contributed by atoms with Gasteiger partial charge in [-0.2, -0.15) is 0 Å². The minimum atomic E-state index is -0.390. The fourth-order valence-electron chi connectivity index (χ4n) is 4.02. The molecule has 12 heteroatoms. The van der Waals surface area contributed by atoms with Crippen molar-refractivity contribution in [1.82, 2.24) is 9.88 Å². The highest BCUT2D eigenvalue weighted by molar-refractivity contribution is 7.15. The summed E-state index contributed by atoms with van der Waals surface area (Å²) in [5.41, 5.74) is 9.27. The molecule has 0 saturated heterocycles. The topological polar surface area (TPSA) is 127 Å². The molecule has 0 aliphatic carbocycles. The number of carbonyl (C=O) groups is 3. The van der Waals surface area contributed by atoms with E-state index in [9.17, 15) is 14.4 Å². The molecule has 0 fully saturated rings. The Morgan fingerprint density at radius 3 is 2.21 bits per heavy atom. The van der Waals surface area contributed by atoms with Crippen molar-refractivity contribution in [3.8, 4) is 11.8 Å². The molecule has 1 heterocycles. The van der Waals surface area contributed by atoms with Crippen LogP contribution < -0.4 is 25.8 Å². The van der Waals surface area contributed by atoms with E-state index in [2.05, 4.69) is 47.6 Å². The van der Waals surface area contributed by atoms with Crippen molar-refractivity contribution in [2.75, 3.05) is 54.8 Å². The van der Waals surface area contributed by atoms with Crippen molar-refractivity contribution in [2.24, 2.45) is 10.7 Å². The van der Waals surface area contributed by atoms with Crippen LogP contribution in [0.3, 0.4) is 0 Å². The number of benzene rings is 2. The summed E-state index contributed by atoms with van der Waals surface area (Å²) < 4.78 is 0. The molecule has 2 aromatic carbocycles. The molecule has 11 nitrogen and oxygen atoms in total. The van der Waals surface area contributed by atoms with Crippen molar-refractivity contribution in [1.29, 1.82) is 0 Å². The number of aryl methyl sites for hydroxylation is 1. The quantitative estimate of drug-likeness (QED) is 0.128. The summed E-state index contributed by atoms with van der Waals surface area (Å²) in [6, 6.07) is 13.8. The molecule has 1 aromatic heterocycles. The highest BCUT2D eigenvalue weighted by atomic mass is 32.1. The number of rotatable bonds is 10. The zero-order valence-electron chi connectivity index (χ0n) is 28.4. The van der Waals surface area contributed by atoms with E-state index < -0.39 is 5.91 Å². The number of nitrogens with zero attached hydrogens (tertiary/aromatic N) is 6. The first-order valence-corrected chi connectivity index (χ1v) is 15.7. The molecule has 0 spiro atoms. The van der Waals surface area contributed by atoms with Crippen LogP contribution in [0.2, 0.25) is 0 Å². The molecule has 248 valence electrons. The number of carbonyl (C=O) groups excluding carboxylic acids is 3. The number of hydrogen-bond acceptors (Lipinski definition) is 9. The third-order valence-electron chi connectivity index (χ3n) is 6.22. The Hall–Kier alpha value is -5.25. The van der Waals surface area contributed by atoms with Crippen molar-refractivity contribution >= 4 is 57.6 Å². The third-order valence-corrected chi connectivity index (χ3v) is 7.05. The molecule has 0 aliphatic rings. The standard InChI is InChI=1S/C32H36N8O3S.C3H8/c1-8-34-30(40(21-41)27-12-9-11-26(19-27)38(6)28(42)13-10-18-37(4)5)29(23(3)33)39(7)25-16-14-24(15-17-25)31(43)36-32-35-20-22(2)44-32;1-3-2/h8-9,11-12,14-17,19-21H,1,18,33H2,2-7H3,(H,35,36,43);3H2,1-2H3/b29-23-,34-30?;. The number of allylic oxidation sites excluding steroid dienone is 1. The van der Waals surface area contributed by atoms with E-state index >= 15 is 0 Å². The summed E-state index contributed by atoms with van der Waals surface area (Å²) in [5, 5.41) is 3.32. The van der Waals surface area contributed by atoms with E-state index in [1.54, 1.807) is 80.6 Å².